The predicted octanol–water partition coefficient (Wildman–Crippen LogP) is 8.65. The Balaban J connectivity index is 0.869. The first-order valence-corrected chi connectivity index (χ1v) is 26.2. The number of carbonyl (C=O) groups excluding carboxylic acids is 4. The van der Waals surface area contributed by atoms with Gasteiger partial charge in [-0.05, 0) is 122 Å². The van der Waals surface area contributed by atoms with Crippen LogP contribution in [-0.2, 0) is 32.1 Å². The average Bonchev–Trinajstić information content (AvgIpc) is 3.90. The minimum Gasteiger partial charge on any atom is -0.476 e. The normalized spacial score (nSPS) is 22.4. The van der Waals surface area contributed by atoms with Crippen LogP contribution in [0.5, 0.6) is 0 Å². The van der Waals surface area contributed by atoms with Gasteiger partial charge in [-0.1, -0.05) is 76.3 Å². The van der Waals surface area contributed by atoms with Gasteiger partial charge in [0.25, 0.3) is 11.8 Å². The molecule has 2 saturated carbocycles. The van der Waals surface area contributed by atoms with Gasteiger partial charge in [0, 0.05) is 79.5 Å². The van der Waals surface area contributed by atoms with Crippen molar-refractivity contribution in [1.29, 1.82) is 5.41 Å². The van der Waals surface area contributed by atoms with Crippen molar-refractivity contribution in [3.05, 3.63) is 113 Å². The Morgan fingerprint density at radius 1 is 0.890 bits per heavy atom. The van der Waals surface area contributed by atoms with Gasteiger partial charge in [0.2, 0.25) is 11.8 Å². The van der Waals surface area contributed by atoms with Gasteiger partial charge in [0.05, 0.1) is 29.0 Å². The number of para-hydroxylation sites is 1. The molecule has 0 saturated heterocycles. The van der Waals surface area contributed by atoms with Crippen molar-refractivity contribution in [3.8, 4) is 0 Å². The van der Waals surface area contributed by atoms with E-state index in [9.17, 15) is 29.1 Å². The predicted molar refractivity (Wildman–Crippen MR) is 286 cm³/mol. The van der Waals surface area contributed by atoms with Gasteiger partial charge in [-0.3, -0.25) is 24.5 Å². The Labute approximate surface area is 431 Å². The zero-order valence-corrected chi connectivity index (χ0v) is 43.6. The van der Waals surface area contributed by atoms with Gasteiger partial charge >= 0.3 is 5.97 Å². The summed E-state index contributed by atoms with van der Waals surface area (Å²) in [6.07, 6.45) is 12.0. The summed E-state index contributed by atoms with van der Waals surface area (Å²) in [7, 11) is 0. The van der Waals surface area contributed by atoms with Gasteiger partial charge in [0.15, 0.2) is 10.8 Å². The van der Waals surface area contributed by atoms with Crippen molar-refractivity contribution in [2.75, 3.05) is 49.5 Å². The van der Waals surface area contributed by atoms with E-state index in [0.29, 0.717) is 97.6 Å². The minimum atomic E-state index is -1.21. The number of amides is 4. The number of ether oxygens (including phenoxy) is 1. The molecule has 2 aromatic heterocycles. The highest BCUT2D eigenvalue weighted by atomic mass is 32.1. The van der Waals surface area contributed by atoms with Crippen molar-refractivity contribution in [3.63, 3.8) is 0 Å². The number of rotatable bonds is 21. The molecule has 16 nitrogen and oxygen atoms in total. The molecule has 8 rings (SSSR count). The number of aromatic nitrogens is 2. The second kappa shape index (κ2) is 21.8. The summed E-state index contributed by atoms with van der Waals surface area (Å²) < 4.78 is 7.83. The van der Waals surface area contributed by atoms with Crippen molar-refractivity contribution in [1.82, 2.24) is 30.8 Å². The van der Waals surface area contributed by atoms with Crippen LogP contribution in [0.3, 0.4) is 0 Å². The highest BCUT2D eigenvalue weighted by molar-refractivity contribution is 7.22. The number of hydrogen-bond donors (Lipinski definition) is 6. The van der Waals surface area contributed by atoms with E-state index in [4.69, 9.17) is 15.1 Å². The van der Waals surface area contributed by atoms with Gasteiger partial charge in [-0.15, -0.1) is 0 Å². The Morgan fingerprint density at radius 2 is 1.70 bits per heavy atom. The SMILES string of the molecule is C=C1C=CC(=O)N1CCCCCC(=O)NCC(=O)NCCOC12CC(C)(C)CC(C)(CC(C)(CN/C(C)=C(\C=N)c3ccc(N4CCc5cccc(C(=O)Nc6nc7ccccc7s6)c5C4)nc3C(=O)O)C1)C2. The van der Waals surface area contributed by atoms with Crippen molar-refractivity contribution in [2.24, 2.45) is 16.2 Å². The molecule has 73 heavy (non-hydrogen) atoms. The number of aromatic carboxylic acids is 1. The van der Waals surface area contributed by atoms with E-state index in [2.05, 4.69) is 60.5 Å². The van der Waals surface area contributed by atoms with Gasteiger partial charge in [-0.25, -0.2) is 14.8 Å². The molecule has 2 aromatic carbocycles. The van der Waals surface area contributed by atoms with Crippen LogP contribution in [0.4, 0.5) is 10.9 Å². The van der Waals surface area contributed by atoms with E-state index in [-0.39, 0.29) is 52.1 Å². The summed E-state index contributed by atoms with van der Waals surface area (Å²) in [5.41, 5.74) is 4.54. The lowest BCUT2D eigenvalue weighted by Gasteiger charge is -2.61. The van der Waals surface area contributed by atoms with Gasteiger partial charge in [0.1, 0.15) is 5.82 Å². The molecule has 3 atom stereocenters. The van der Waals surface area contributed by atoms with E-state index in [1.165, 1.54) is 23.6 Å². The second-order valence-electron chi connectivity index (χ2n) is 21.9. The van der Waals surface area contributed by atoms with Crippen molar-refractivity contribution in [2.45, 2.75) is 111 Å². The number of fused-ring (bicyclic) bond motifs is 4. The van der Waals surface area contributed by atoms with E-state index < -0.39 is 11.6 Å². The maximum absolute atomic E-state index is 13.7. The first-order valence-electron chi connectivity index (χ1n) is 25.3. The lowest BCUT2D eigenvalue weighted by Crippen LogP contribution is -2.58. The molecule has 3 unspecified atom stereocenters. The second-order valence-corrected chi connectivity index (χ2v) is 22.9. The smallest absolute Gasteiger partial charge is 0.355 e. The summed E-state index contributed by atoms with van der Waals surface area (Å²) >= 11 is 1.41. The Morgan fingerprint density at radius 3 is 2.45 bits per heavy atom. The molecule has 2 fully saturated rings. The molecule has 386 valence electrons. The quantitative estimate of drug-likeness (QED) is 0.0343. The highest BCUT2D eigenvalue weighted by Crippen LogP contribution is 2.62. The topological polar surface area (TPSA) is 219 Å². The zero-order chi connectivity index (χ0) is 52.1. The standard InChI is InChI=1S/C56H69N9O7S/c1-36-18-21-48(68)65(36)24-11-7-8-17-46(66)59-28-47(67)58-23-26-72-56-31-53(3,4)30-54(5,33-56)32-55(6,34-56)35-60-37(2)41(27-57)39-19-20-45(62-49(39)51(70)71)64-25-22-38-13-12-14-40(42(38)29-64)50(69)63-52-61-43-15-9-10-16-44(43)73-52/h9-10,12-16,18-21,27,57,60H,1,7-8,11,17,22-26,28-35H2,2-6H3,(H,58,67)(H,59,66)(H,70,71)(H,61,63,69)/b41-37+,57-27?. The molecule has 4 aromatic rings. The number of hydrogen-bond acceptors (Lipinski definition) is 12. The Kier molecular flexibility index (Phi) is 15.7. The molecule has 0 radical (unpaired) electrons. The number of allylic oxidation sites excluding steroid dienone is 3. The first-order chi connectivity index (χ1) is 34.8. The summed E-state index contributed by atoms with van der Waals surface area (Å²) in [4.78, 5) is 76.6. The third kappa shape index (κ3) is 12.6. The van der Waals surface area contributed by atoms with E-state index in [0.717, 1.165) is 66.3 Å². The molecule has 4 amide bonds. The Bertz CT molecular complexity index is 2840. The first kappa shape index (κ1) is 52.6. The van der Waals surface area contributed by atoms with Gasteiger partial charge < -0.3 is 41.0 Å². The summed E-state index contributed by atoms with van der Waals surface area (Å²) in [5.74, 6) is -1.54. The number of nitrogens with zero attached hydrogens (tertiary/aromatic N) is 4. The average molecular weight is 1010 g/mol. The number of benzene rings is 2. The van der Waals surface area contributed by atoms with E-state index in [1.807, 2.05) is 48.2 Å². The number of carboxylic acid groups (broad SMARTS) is 1. The summed E-state index contributed by atoms with van der Waals surface area (Å²) in [6, 6.07) is 16.9. The number of nitrogens with one attached hydrogen (secondary N) is 5. The summed E-state index contributed by atoms with van der Waals surface area (Å²) in [6.45, 7) is 17.5. The summed E-state index contributed by atoms with van der Waals surface area (Å²) in [5, 5.41) is 31.8. The van der Waals surface area contributed by atoms with Crippen LogP contribution in [0.25, 0.3) is 15.8 Å². The number of thiazole rings is 1. The number of carbonyl (C=O) groups is 5. The molecular formula is C56H69N9O7S. The third-order valence-corrected chi connectivity index (χ3v) is 15.7. The zero-order valence-electron chi connectivity index (χ0n) is 42.7. The van der Waals surface area contributed by atoms with Crippen LogP contribution in [0.15, 0.2) is 84.7 Å². The number of unbranched alkanes of at least 4 members (excludes halogenated alkanes) is 2. The molecule has 2 aliphatic heterocycles. The van der Waals surface area contributed by atoms with Crippen LogP contribution in [-0.4, -0.2) is 101 Å². The van der Waals surface area contributed by atoms with Crippen molar-refractivity contribution >= 4 is 73.9 Å². The van der Waals surface area contributed by atoms with Crippen LogP contribution in [0, 0.1) is 21.7 Å². The monoisotopic (exact) mass is 1010 g/mol. The van der Waals surface area contributed by atoms with Gasteiger partial charge in [-0.2, -0.15) is 0 Å². The van der Waals surface area contributed by atoms with E-state index >= 15 is 0 Å². The number of pyridine rings is 1. The van der Waals surface area contributed by atoms with Crippen LogP contribution < -0.4 is 26.2 Å². The molecule has 0 spiro atoms. The molecule has 2 aliphatic carbocycles. The van der Waals surface area contributed by atoms with Crippen molar-refractivity contribution < 1.29 is 33.8 Å². The fourth-order valence-electron chi connectivity index (χ4n) is 12.6. The molecule has 4 heterocycles. The molecule has 4 aliphatic rings. The van der Waals surface area contributed by atoms with Crippen LogP contribution >= 0.6 is 11.3 Å². The fourth-order valence-corrected chi connectivity index (χ4v) is 13.4. The van der Waals surface area contributed by atoms with Crippen LogP contribution in [0.1, 0.15) is 130 Å². The van der Waals surface area contributed by atoms with E-state index in [1.54, 1.807) is 29.2 Å². The largest absolute Gasteiger partial charge is 0.476 e. The fraction of sp³-hybridized carbons (Fsp3) is 0.464. The van der Waals surface area contributed by atoms with Crippen LogP contribution in [0.2, 0.25) is 0 Å². The number of anilines is 2. The number of carboxylic acids is 1. The maximum atomic E-state index is 13.7. The lowest BCUT2D eigenvalue weighted by atomic mass is 9.48. The minimum absolute atomic E-state index is 0.0183. The molecule has 2 bridgehead atoms. The molecule has 17 heteroatoms. The third-order valence-electron chi connectivity index (χ3n) is 14.7. The highest BCUT2D eigenvalue weighted by Gasteiger charge is 2.58. The maximum Gasteiger partial charge on any atom is 0.355 e. The lowest BCUT2D eigenvalue weighted by molar-refractivity contribution is -0.189. The molecular weight excluding hydrogens is 943 g/mol. The Hall–Kier alpha value is -6.72. The molecule has 6 N–H and O–H groups in total.